The fourth-order valence-electron chi connectivity index (χ4n) is 7.02. The van der Waals surface area contributed by atoms with Gasteiger partial charge in [0.1, 0.15) is 28.8 Å². The van der Waals surface area contributed by atoms with Gasteiger partial charge in [0, 0.05) is 64.0 Å². The molecule has 2 amide bonds. The van der Waals surface area contributed by atoms with Gasteiger partial charge >= 0.3 is 0 Å². The monoisotopic (exact) mass is 596 g/mol. The Labute approximate surface area is 251 Å². The van der Waals surface area contributed by atoms with E-state index in [1.54, 1.807) is 28.0 Å². The molecule has 2 unspecified atom stereocenters. The standard InChI is InChI=1S/C31H38ClFN6O3/c1-5-24(40)37-16-17-38-20(18-37)19-42-28-25(30(38)41)29(34-27(26(28)32)21-8-6-7-9-22(21)33)39-11-10-23(31(39,2)3)36-14-12-35(4)13-15-36/h5-9,20,23H,1,10-19H2,2-4H3. The Morgan fingerprint density at radius 2 is 1.88 bits per heavy atom. The summed E-state index contributed by atoms with van der Waals surface area (Å²) in [5.74, 6) is -0.185. The molecule has 0 aliphatic carbocycles. The van der Waals surface area contributed by atoms with Crippen molar-refractivity contribution >= 4 is 29.2 Å². The maximum Gasteiger partial charge on any atom is 0.261 e. The van der Waals surface area contributed by atoms with Crippen molar-refractivity contribution in [2.45, 2.75) is 37.9 Å². The number of pyridine rings is 1. The van der Waals surface area contributed by atoms with E-state index >= 15 is 4.39 Å². The molecule has 1 aromatic carbocycles. The third kappa shape index (κ3) is 4.83. The number of rotatable bonds is 4. The van der Waals surface area contributed by atoms with Gasteiger partial charge in [-0.1, -0.05) is 30.3 Å². The third-order valence-corrected chi connectivity index (χ3v) is 9.79. The number of piperazine rings is 2. The van der Waals surface area contributed by atoms with Crippen molar-refractivity contribution in [1.29, 1.82) is 0 Å². The van der Waals surface area contributed by atoms with Crippen LogP contribution in [0.25, 0.3) is 11.3 Å². The Morgan fingerprint density at radius 3 is 2.60 bits per heavy atom. The third-order valence-electron chi connectivity index (χ3n) is 9.44. The van der Waals surface area contributed by atoms with Crippen molar-refractivity contribution in [2.24, 2.45) is 0 Å². The number of carbonyl (C=O) groups is 2. The summed E-state index contributed by atoms with van der Waals surface area (Å²) in [7, 11) is 2.15. The van der Waals surface area contributed by atoms with Gasteiger partial charge in [0.15, 0.2) is 5.75 Å². The van der Waals surface area contributed by atoms with Crippen LogP contribution in [-0.4, -0.2) is 120 Å². The predicted octanol–water partition coefficient (Wildman–Crippen LogP) is 3.38. The highest BCUT2D eigenvalue weighted by Crippen LogP contribution is 2.47. The van der Waals surface area contributed by atoms with Crippen LogP contribution in [-0.2, 0) is 4.79 Å². The molecule has 0 N–H and O–H groups in total. The summed E-state index contributed by atoms with van der Waals surface area (Å²) in [6.45, 7) is 13.9. The van der Waals surface area contributed by atoms with Crippen LogP contribution in [0.5, 0.6) is 5.75 Å². The summed E-state index contributed by atoms with van der Waals surface area (Å²) < 4.78 is 21.5. The molecule has 3 saturated heterocycles. The molecule has 224 valence electrons. The van der Waals surface area contributed by atoms with E-state index in [4.69, 9.17) is 21.3 Å². The summed E-state index contributed by atoms with van der Waals surface area (Å²) in [6, 6.07) is 6.26. The number of benzene rings is 1. The lowest BCUT2D eigenvalue weighted by Gasteiger charge is -2.45. The van der Waals surface area contributed by atoms with Crippen LogP contribution in [0.3, 0.4) is 0 Å². The van der Waals surface area contributed by atoms with Crippen molar-refractivity contribution in [3.8, 4) is 17.0 Å². The normalized spacial score (nSPS) is 24.6. The zero-order valence-electron chi connectivity index (χ0n) is 24.5. The number of ether oxygens (including phenoxy) is 1. The quantitative estimate of drug-likeness (QED) is 0.501. The molecule has 2 atom stereocenters. The van der Waals surface area contributed by atoms with Gasteiger partial charge in [0.05, 0.1) is 17.3 Å². The molecule has 6 rings (SSSR count). The second-order valence-electron chi connectivity index (χ2n) is 12.2. The first-order valence-electron chi connectivity index (χ1n) is 14.7. The highest BCUT2D eigenvalue weighted by molar-refractivity contribution is 6.35. The molecule has 11 heteroatoms. The first-order chi connectivity index (χ1) is 20.1. The van der Waals surface area contributed by atoms with E-state index in [0.29, 0.717) is 37.6 Å². The van der Waals surface area contributed by atoms with Crippen LogP contribution < -0.4 is 9.64 Å². The number of likely N-dealkylation sites (N-methyl/N-ethyl adjacent to an activating group) is 1. The lowest BCUT2D eigenvalue weighted by Crippen LogP contribution is -2.58. The van der Waals surface area contributed by atoms with Crippen molar-refractivity contribution in [1.82, 2.24) is 24.6 Å². The zero-order valence-corrected chi connectivity index (χ0v) is 25.2. The first-order valence-corrected chi connectivity index (χ1v) is 15.0. The number of nitrogens with zero attached hydrogens (tertiary/aromatic N) is 6. The first kappa shape index (κ1) is 28.9. The molecule has 4 aliphatic heterocycles. The minimum atomic E-state index is -0.454. The van der Waals surface area contributed by atoms with E-state index < -0.39 is 5.82 Å². The molecule has 1 aromatic heterocycles. The molecule has 0 saturated carbocycles. The number of halogens is 2. The number of hydrogen-bond donors (Lipinski definition) is 0. The van der Waals surface area contributed by atoms with Crippen LogP contribution in [0.1, 0.15) is 30.6 Å². The highest BCUT2D eigenvalue weighted by atomic mass is 35.5. The summed E-state index contributed by atoms with van der Waals surface area (Å²) in [4.78, 5) is 42.3. The maximum atomic E-state index is 15.2. The minimum absolute atomic E-state index is 0.110. The van der Waals surface area contributed by atoms with Gasteiger partial charge < -0.3 is 24.3 Å². The fourth-order valence-corrected chi connectivity index (χ4v) is 7.31. The van der Waals surface area contributed by atoms with Gasteiger partial charge in [-0.3, -0.25) is 14.5 Å². The largest absolute Gasteiger partial charge is 0.489 e. The van der Waals surface area contributed by atoms with E-state index in [1.165, 1.54) is 12.1 Å². The smallest absolute Gasteiger partial charge is 0.261 e. The average Bonchev–Trinajstić information content (AvgIpc) is 3.21. The zero-order chi connectivity index (χ0) is 29.8. The Hall–Kier alpha value is -3.21. The maximum absolute atomic E-state index is 15.2. The molecule has 2 aromatic rings. The molecule has 0 bridgehead atoms. The molecule has 4 aliphatic rings. The van der Waals surface area contributed by atoms with Crippen molar-refractivity contribution in [2.75, 3.05) is 70.9 Å². The number of carbonyl (C=O) groups excluding carboxylic acids is 2. The SMILES string of the molecule is C=CC(=O)N1CCN2C(=O)c3c(N4CCC(N5CCN(C)CC5)C4(C)C)nc(-c4ccccc4F)c(Cl)c3OCC2C1. The van der Waals surface area contributed by atoms with E-state index in [-0.39, 0.29) is 58.1 Å². The van der Waals surface area contributed by atoms with E-state index in [9.17, 15) is 9.59 Å². The van der Waals surface area contributed by atoms with E-state index in [2.05, 4.69) is 42.2 Å². The van der Waals surface area contributed by atoms with Crippen LogP contribution >= 0.6 is 11.6 Å². The molecular weight excluding hydrogens is 559 g/mol. The van der Waals surface area contributed by atoms with E-state index in [0.717, 1.165) is 32.6 Å². The van der Waals surface area contributed by atoms with E-state index in [1.807, 2.05) is 0 Å². The molecule has 0 radical (unpaired) electrons. The van der Waals surface area contributed by atoms with Gasteiger partial charge in [0.25, 0.3) is 5.91 Å². The number of anilines is 1. The summed E-state index contributed by atoms with van der Waals surface area (Å²) in [5, 5.41) is 0.110. The molecule has 0 spiro atoms. The lowest BCUT2D eigenvalue weighted by atomic mass is 9.93. The predicted molar refractivity (Wildman–Crippen MR) is 161 cm³/mol. The van der Waals surface area contributed by atoms with Crippen molar-refractivity contribution < 1.29 is 18.7 Å². The van der Waals surface area contributed by atoms with Crippen molar-refractivity contribution in [3.63, 3.8) is 0 Å². The molecule has 42 heavy (non-hydrogen) atoms. The fraction of sp³-hybridized carbons (Fsp3) is 0.516. The molecular formula is C31H38ClFN6O3. The summed E-state index contributed by atoms with van der Waals surface area (Å²) in [6.07, 6.45) is 2.19. The van der Waals surface area contributed by atoms with Gasteiger partial charge in [-0.15, -0.1) is 0 Å². The Morgan fingerprint density at radius 1 is 1.14 bits per heavy atom. The van der Waals surface area contributed by atoms with Crippen LogP contribution in [0.2, 0.25) is 5.02 Å². The molecule has 5 heterocycles. The number of amides is 2. The lowest BCUT2D eigenvalue weighted by molar-refractivity contribution is -0.128. The number of fused-ring (bicyclic) bond motifs is 2. The Bertz CT molecular complexity index is 1410. The second-order valence-corrected chi connectivity index (χ2v) is 12.6. The second kappa shape index (κ2) is 11.1. The number of hydrogen-bond acceptors (Lipinski definition) is 7. The van der Waals surface area contributed by atoms with Crippen molar-refractivity contribution in [3.05, 3.63) is 53.3 Å². The van der Waals surface area contributed by atoms with Gasteiger partial charge in [0.2, 0.25) is 5.91 Å². The highest BCUT2D eigenvalue weighted by Gasteiger charge is 2.48. The van der Waals surface area contributed by atoms with Gasteiger partial charge in [-0.25, -0.2) is 9.37 Å². The van der Waals surface area contributed by atoms with Crippen LogP contribution in [0.15, 0.2) is 36.9 Å². The number of aromatic nitrogens is 1. The molecule has 9 nitrogen and oxygen atoms in total. The van der Waals surface area contributed by atoms with Crippen LogP contribution in [0.4, 0.5) is 10.2 Å². The Balaban J connectivity index is 1.45. The summed E-state index contributed by atoms with van der Waals surface area (Å²) in [5.41, 5.74) is 0.426. The Kier molecular flexibility index (Phi) is 7.66. The average molecular weight is 597 g/mol. The molecule has 3 fully saturated rings. The van der Waals surface area contributed by atoms with Gasteiger partial charge in [-0.05, 0) is 45.5 Å². The minimum Gasteiger partial charge on any atom is -0.489 e. The van der Waals surface area contributed by atoms with Crippen LogP contribution in [0, 0.1) is 5.82 Å². The summed E-state index contributed by atoms with van der Waals surface area (Å²) >= 11 is 6.95. The topological polar surface area (TPSA) is 72.5 Å². The van der Waals surface area contributed by atoms with Gasteiger partial charge in [-0.2, -0.15) is 0 Å².